The predicted octanol–water partition coefficient (Wildman–Crippen LogP) is 2.29. The number of nitrogens with two attached hydrogens (primary N) is 1. The number of nitrogens with zero attached hydrogens (tertiary/aromatic N) is 2. The summed E-state index contributed by atoms with van der Waals surface area (Å²) >= 11 is 0. The number of pyridine rings is 2. The van der Waals surface area contributed by atoms with Crippen molar-refractivity contribution in [2.24, 2.45) is 5.73 Å². The van der Waals surface area contributed by atoms with Crippen LogP contribution in [0.15, 0.2) is 35.1 Å². The minimum Gasteiger partial charge on any atom is -0.457 e. The lowest BCUT2D eigenvalue weighted by atomic mass is 9.85. The van der Waals surface area contributed by atoms with Gasteiger partial charge in [-0.2, -0.15) is 0 Å². The Balaban J connectivity index is 1.74. The fourth-order valence-electron chi connectivity index (χ4n) is 4.53. The van der Waals surface area contributed by atoms with Gasteiger partial charge in [0.2, 0.25) is 5.60 Å². The van der Waals surface area contributed by atoms with E-state index in [1.807, 2.05) is 25.1 Å². The summed E-state index contributed by atoms with van der Waals surface area (Å²) in [5, 5.41) is 1.00. The smallest absolute Gasteiger partial charge is 0.355 e. The minimum atomic E-state index is -1.72. The van der Waals surface area contributed by atoms with Crippen molar-refractivity contribution in [3.8, 4) is 11.4 Å². The maximum Gasteiger partial charge on any atom is 0.355 e. The first-order valence-electron chi connectivity index (χ1n) is 10.6. The van der Waals surface area contributed by atoms with E-state index in [9.17, 15) is 14.4 Å². The Morgan fingerprint density at radius 3 is 2.81 bits per heavy atom. The van der Waals surface area contributed by atoms with E-state index in [1.54, 1.807) is 17.6 Å². The van der Waals surface area contributed by atoms with Crippen molar-refractivity contribution >= 4 is 22.8 Å². The number of fused-ring (bicyclic) bond motifs is 5. The molecule has 1 aromatic carbocycles. The normalized spacial score (nSPS) is 19.7. The lowest BCUT2D eigenvalue weighted by Gasteiger charge is -2.36. The molecule has 0 aliphatic carbocycles. The number of ether oxygens (including phenoxy) is 2. The SMILES string of the molecule is CC[C@@]1(OC(=O)C(C)N)C(=O)OCc2c1cc1n(c2=O)Cc2cc3cc(C)ccc3nc2-1. The monoisotopic (exact) mass is 433 g/mol. The Labute approximate surface area is 184 Å². The summed E-state index contributed by atoms with van der Waals surface area (Å²) in [5.41, 5.74) is 8.47. The van der Waals surface area contributed by atoms with Crippen LogP contribution in [0.25, 0.3) is 22.3 Å². The molecule has 32 heavy (non-hydrogen) atoms. The highest BCUT2D eigenvalue weighted by Gasteiger charge is 2.50. The summed E-state index contributed by atoms with van der Waals surface area (Å²) in [5.74, 6) is -1.44. The van der Waals surface area contributed by atoms with Gasteiger partial charge in [-0.15, -0.1) is 0 Å². The number of aromatic nitrogens is 2. The highest BCUT2D eigenvalue weighted by Crippen LogP contribution is 2.41. The van der Waals surface area contributed by atoms with Gasteiger partial charge in [0, 0.05) is 16.5 Å². The lowest BCUT2D eigenvalue weighted by molar-refractivity contribution is -0.190. The number of carbonyl (C=O) groups excluding carboxylic acids is 2. The van der Waals surface area contributed by atoms with E-state index in [-0.39, 0.29) is 18.6 Å². The van der Waals surface area contributed by atoms with Crippen molar-refractivity contribution in [1.29, 1.82) is 0 Å². The van der Waals surface area contributed by atoms with Crippen molar-refractivity contribution in [2.75, 3.05) is 0 Å². The van der Waals surface area contributed by atoms with Crippen molar-refractivity contribution in [2.45, 2.75) is 52.0 Å². The van der Waals surface area contributed by atoms with E-state index in [4.69, 9.17) is 20.2 Å². The quantitative estimate of drug-likeness (QED) is 0.493. The standard InChI is InChI=1S/C24H23N3O5/c1-4-24(32-22(29)13(3)25)17-9-19-20-15(8-14-7-12(2)5-6-18(14)26-20)10-27(19)21(28)16(17)11-31-23(24)30/h5-9,13H,4,10-11,25H2,1-3H3/t13?,24-/m0/s1. The molecule has 2 N–H and O–H groups in total. The van der Waals surface area contributed by atoms with Crippen LogP contribution in [0.3, 0.4) is 0 Å². The molecule has 5 rings (SSSR count). The zero-order valence-corrected chi connectivity index (χ0v) is 18.1. The summed E-state index contributed by atoms with van der Waals surface area (Å²) in [7, 11) is 0. The number of rotatable bonds is 3. The Kier molecular flexibility index (Phi) is 4.46. The van der Waals surface area contributed by atoms with Crippen molar-refractivity contribution in [3.05, 3.63) is 62.9 Å². The van der Waals surface area contributed by atoms with Crippen LogP contribution in [0.1, 0.15) is 42.5 Å². The van der Waals surface area contributed by atoms with Gasteiger partial charge >= 0.3 is 11.9 Å². The molecule has 164 valence electrons. The molecule has 2 atom stereocenters. The molecule has 3 aromatic rings. The van der Waals surface area contributed by atoms with E-state index >= 15 is 0 Å². The first kappa shape index (κ1) is 20.4. The molecule has 8 nitrogen and oxygen atoms in total. The second-order valence-electron chi connectivity index (χ2n) is 8.47. The maximum absolute atomic E-state index is 13.4. The van der Waals surface area contributed by atoms with Gasteiger partial charge in [0.05, 0.1) is 29.0 Å². The van der Waals surface area contributed by atoms with Crippen molar-refractivity contribution < 1.29 is 19.1 Å². The average molecular weight is 433 g/mol. The molecular weight excluding hydrogens is 410 g/mol. The van der Waals surface area contributed by atoms with E-state index < -0.39 is 23.6 Å². The molecule has 2 aromatic heterocycles. The molecular formula is C24H23N3O5. The number of cyclic esters (lactones) is 1. The van der Waals surface area contributed by atoms with Crippen molar-refractivity contribution in [1.82, 2.24) is 9.55 Å². The molecule has 0 saturated heterocycles. The van der Waals surface area contributed by atoms with Gasteiger partial charge in [-0.25, -0.2) is 9.78 Å². The highest BCUT2D eigenvalue weighted by atomic mass is 16.6. The fraction of sp³-hybridized carbons (Fsp3) is 0.333. The van der Waals surface area contributed by atoms with E-state index in [1.165, 1.54) is 6.92 Å². The van der Waals surface area contributed by atoms with Crippen LogP contribution >= 0.6 is 0 Å². The molecule has 2 aliphatic heterocycles. The first-order valence-corrected chi connectivity index (χ1v) is 10.6. The number of benzene rings is 1. The van der Waals surface area contributed by atoms with Gasteiger partial charge in [0.15, 0.2) is 0 Å². The van der Waals surface area contributed by atoms with Crippen molar-refractivity contribution in [3.63, 3.8) is 0 Å². The van der Waals surface area contributed by atoms with E-state index in [0.29, 0.717) is 29.1 Å². The van der Waals surface area contributed by atoms with Crippen LogP contribution in [0.2, 0.25) is 0 Å². The Hall–Kier alpha value is -3.52. The van der Waals surface area contributed by atoms with Gasteiger partial charge < -0.3 is 19.8 Å². The number of carbonyl (C=O) groups is 2. The van der Waals surface area contributed by atoms with Gasteiger partial charge in [-0.1, -0.05) is 18.6 Å². The minimum absolute atomic E-state index is 0.109. The number of hydrogen-bond acceptors (Lipinski definition) is 7. The van der Waals surface area contributed by atoms with E-state index in [2.05, 4.69) is 6.07 Å². The molecule has 8 heteroatoms. The molecule has 0 radical (unpaired) electrons. The maximum atomic E-state index is 13.4. The zero-order chi connectivity index (χ0) is 22.8. The molecule has 0 amide bonds. The molecule has 4 heterocycles. The Morgan fingerprint density at radius 1 is 1.31 bits per heavy atom. The number of hydrogen-bond donors (Lipinski definition) is 1. The van der Waals surface area contributed by atoms with Crippen LogP contribution in [-0.4, -0.2) is 27.5 Å². The van der Waals surface area contributed by atoms with Gasteiger partial charge in [-0.05, 0) is 44.5 Å². The third kappa shape index (κ3) is 2.79. The molecule has 0 spiro atoms. The summed E-state index contributed by atoms with van der Waals surface area (Å²) < 4.78 is 12.5. The Bertz CT molecular complexity index is 1370. The summed E-state index contributed by atoms with van der Waals surface area (Å²) in [4.78, 5) is 43.5. The van der Waals surface area contributed by atoms with E-state index in [0.717, 1.165) is 22.0 Å². The predicted molar refractivity (Wildman–Crippen MR) is 117 cm³/mol. The zero-order valence-electron chi connectivity index (χ0n) is 18.1. The van der Waals surface area contributed by atoms with Crippen LogP contribution in [-0.2, 0) is 37.8 Å². The topological polar surface area (TPSA) is 114 Å². The number of esters is 2. The van der Waals surface area contributed by atoms with Gasteiger partial charge in [-0.3, -0.25) is 9.59 Å². The number of aryl methyl sites for hydroxylation is 1. The van der Waals surface area contributed by atoms with Gasteiger partial charge in [0.1, 0.15) is 12.6 Å². The molecule has 0 bridgehead atoms. The molecule has 0 saturated carbocycles. The van der Waals surface area contributed by atoms with Crippen LogP contribution in [0.5, 0.6) is 0 Å². The Morgan fingerprint density at radius 2 is 2.09 bits per heavy atom. The largest absolute Gasteiger partial charge is 0.457 e. The third-order valence-corrected chi connectivity index (χ3v) is 6.28. The second-order valence-corrected chi connectivity index (χ2v) is 8.47. The third-order valence-electron chi connectivity index (χ3n) is 6.28. The van der Waals surface area contributed by atoms with Crippen LogP contribution < -0.4 is 11.3 Å². The van der Waals surface area contributed by atoms with Crippen LogP contribution in [0.4, 0.5) is 0 Å². The summed E-state index contributed by atoms with van der Waals surface area (Å²) in [6.45, 7) is 5.41. The molecule has 0 fully saturated rings. The summed E-state index contributed by atoms with van der Waals surface area (Å²) in [6.07, 6.45) is 0.109. The highest BCUT2D eigenvalue weighted by molar-refractivity contribution is 5.89. The van der Waals surface area contributed by atoms with Crippen LogP contribution in [0, 0.1) is 6.92 Å². The second kappa shape index (κ2) is 7.00. The average Bonchev–Trinajstić information content (AvgIpc) is 3.12. The molecule has 2 aliphatic rings. The first-order chi connectivity index (χ1) is 15.2. The lowest BCUT2D eigenvalue weighted by Crippen LogP contribution is -2.49. The molecule has 1 unspecified atom stereocenters. The van der Waals surface area contributed by atoms with Gasteiger partial charge in [0.25, 0.3) is 5.56 Å². The summed E-state index contributed by atoms with van der Waals surface area (Å²) in [6, 6.07) is 8.85. The fourth-order valence-corrected chi connectivity index (χ4v) is 4.53.